The van der Waals surface area contributed by atoms with Gasteiger partial charge in [-0.25, -0.2) is 0 Å². The first-order valence-electron chi connectivity index (χ1n) is 17.4. The molecule has 4 aromatic rings. The summed E-state index contributed by atoms with van der Waals surface area (Å²) in [7, 11) is 0. The van der Waals surface area contributed by atoms with Crippen LogP contribution in [0.3, 0.4) is 0 Å². The van der Waals surface area contributed by atoms with E-state index in [0.29, 0.717) is 0 Å². The average molecular weight is 755 g/mol. The summed E-state index contributed by atoms with van der Waals surface area (Å²) in [5, 5.41) is 0. The summed E-state index contributed by atoms with van der Waals surface area (Å²) in [6.45, 7) is 19.2. The van der Waals surface area contributed by atoms with Crippen LogP contribution in [0.4, 0.5) is 0 Å². The van der Waals surface area contributed by atoms with E-state index in [4.69, 9.17) is 0 Å². The minimum atomic E-state index is -2.54. The van der Waals surface area contributed by atoms with Crippen LogP contribution in [0.25, 0.3) is 11.1 Å². The number of hydrogen-bond acceptors (Lipinski definition) is 0. The van der Waals surface area contributed by atoms with Crippen molar-refractivity contribution >= 4 is 6.48 Å². The molecule has 0 spiro atoms. The topological polar surface area (TPSA) is 0 Å². The molecular weight excluding hydrogens is 703 g/mol. The van der Waals surface area contributed by atoms with Gasteiger partial charge in [-0.15, -0.1) is 0 Å². The van der Waals surface area contributed by atoms with Crippen molar-refractivity contribution < 1.29 is 46.1 Å². The monoisotopic (exact) mass is 752 g/mol. The molecule has 48 heavy (non-hydrogen) atoms. The van der Waals surface area contributed by atoms with Crippen LogP contribution in [-0.2, 0) is 51.4 Å². The van der Waals surface area contributed by atoms with Gasteiger partial charge in [0.2, 0.25) is 0 Å². The van der Waals surface area contributed by atoms with Crippen LogP contribution in [0, 0.1) is 13.8 Å². The van der Waals surface area contributed by atoms with Crippen LogP contribution in [-0.4, -0.2) is 3.21 Å². The predicted octanol–water partition coefficient (Wildman–Crippen LogP) is 5.00. The maximum absolute atomic E-state index is 2.61. The first-order chi connectivity index (χ1) is 21.9. The molecule has 0 fully saturated rings. The van der Waals surface area contributed by atoms with Crippen molar-refractivity contribution in [1.29, 1.82) is 0 Å². The molecular formula is C45H52Cl2Zr. The van der Waals surface area contributed by atoms with Gasteiger partial charge in [0, 0.05) is 0 Å². The van der Waals surface area contributed by atoms with Crippen molar-refractivity contribution in [3.63, 3.8) is 0 Å². The minimum Gasteiger partial charge on any atom is -1.00 e. The van der Waals surface area contributed by atoms with Crippen molar-refractivity contribution in [3.05, 3.63) is 145 Å². The van der Waals surface area contributed by atoms with Gasteiger partial charge >= 0.3 is 288 Å². The quantitative estimate of drug-likeness (QED) is 0.210. The third-order valence-electron chi connectivity index (χ3n) is 10.2. The van der Waals surface area contributed by atoms with Gasteiger partial charge in [0.05, 0.1) is 0 Å². The van der Waals surface area contributed by atoms with E-state index in [1.54, 1.807) is 23.2 Å². The second-order valence-corrected chi connectivity index (χ2v) is 22.1. The Balaban J connectivity index is 0.00000260. The summed E-state index contributed by atoms with van der Waals surface area (Å²) in [5.41, 5.74) is 15.4. The van der Waals surface area contributed by atoms with Crippen LogP contribution in [0.5, 0.6) is 0 Å². The Morgan fingerprint density at radius 3 is 1.73 bits per heavy atom. The predicted molar refractivity (Wildman–Crippen MR) is 198 cm³/mol. The molecule has 0 saturated heterocycles. The molecule has 4 aromatic carbocycles. The third kappa shape index (κ3) is 8.18. The smallest absolute Gasteiger partial charge is 1.00 e. The fourth-order valence-corrected chi connectivity index (χ4v) is 16.6. The third-order valence-corrected chi connectivity index (χ3v) is 18.6. The molecule has 0 radical (unpaired) electrons. The fraction of sp³-hybridized carbons (Fsp3) is 0.356. The number of aryl methyl sites for hydroxylation is 3. The van der Waals surface area contributed by atoms with Gasteiger partial charge in [-0.3, -0.25) is 0 Å². The zero-order valence-corrected chi connectivity index (χ0v) is 34.2. The number of fused-ring (bicyclic) bond motifs is 3. The van der Waals surface area contributed by atoms with E-state index in [9.17, 15) is 0 Å². The van der Waals surface area contributed by atoms with Crippen LogP contribution in [0.1, 0.15) is 105 Å². The summed E-state index contributed by atoms with van der Waals surface area (Å²) in [4.78, 5) is 0. The molecule has 0 atom stereocenters. The molecule has 3 heteroatoms. The Bertz CT molecular complexity index is 1800. The number of halogens is 2. The van der Waals surface area contributed by atoms with Crippen LogP contribution in [0.15, 0.2) is 100 Å². The maximum Gasteiger partial charge on any atom is -1.00 e. The van der Waals surface area contributed by atoms with Gasteiger partial charge in [-0.05, 0) is 0 Å². The molecule has 2 aliphatic carbocycles. The Labute approximate surface area is 311 Å². The molecule has 0 heterocycles. The summed E-state index contributed by atoms with van der Waals surface area (Å²) >= 11 is -2.54. The number of allylic oxidation sites excluding steroid dienone is 4. The summed E-state index contributed by atoms with van der Waals surface area (Å²) < 4.78 is 5.43. The SMILES string of the molecule is Cc1cc2c(cc1C(C)(C)C)-c1cc(C(C)(C)C)c(C)[c]([Zr+2]([C]3=CC=CC3)=[C](CCc3ccccc3)CCc3ccccc3)c1C2.[Cl-].[Cl-]. The van der Waals surface area contributed by atoms with E-state index in [0.717, 1.165) is 25.7 Å². The molecule has 0 bridgehead atoms. The van der Waals surface area contributed by atoms with Crippen molar-refractivity contribution in [2.75, 3.05) is 0 Å². The zero-order valence-electron chi connectivity index (χ0n) is 30.2. The van der Waals surface area contributed by atoms with Crippen LogP contribution >= 0.6 is 0 Å². The maximum atomic E-state index is 2.61. The standard InChI is InChI=1S/C23H29.C17H18.C5H5.2ClH.Zr/c1-14-9-16-11-17-10-15(2)21(23(6,7)8)13-19(17)18(16)12-20(14)22(3,4)5;1-4-10-16(11-5-1)14-8-3-9-15-17-12-6-2-7-13-17;1-2-4-5-3-1;;;/h9,12-13H,11H2,1-8H3;1-2,4-7,10-13H,8-9,14-15H2;1-3H,4H2;2*1H;/q;;;;;+2/p-2. The molecule has 250 valence electrons. The van der Waals surface area contributed by atoms with E-state index < -0.39 is 21.3 Å². The van der Waals surface area contributed by atoms with E-state index in [1.807, 2.05) is 3.21 Å². The molecule has 0 aliphatic heterocycles. The Hall–Kier alpha value is -2.31. The second-order valence-electron chi connectivity index (χ2n) is 15.7. The Morgan fingerprint density at radius 2 is 1.23 bits per heavy atom. The normalized spacial score (nSPS) is 13.1. The first kappa shape index (κ1) is 38.5. The number of hydrogen-bond donors (Lipinski definition) is 0. The van der Waals surface area contributed by atoms with Crippen LogP contribution < -0.4 is 28.1 Å². The van der Waals surface area contributed by atoms with Crippen LogP contribution in [0.2, 0.25) is 0 Å². The molecule has 2 aliphatic rings. The van der Waals surface area contributed by atoms with E-state index >= 15 is 0 Å². The van der Waals surface area contributed by atoms with E-state index in [2.05, 4.69) is 152 Å². The Kier molecular flexibility index (Phi) is 12.6. The molecule has 0 amide bonds. The fourth-order valence-electron chi connectivity index (χ4n) is 7.99. The molecule has 0 N–H and O–H groups in total. The minimum absolute atomic E-state index is 0. The van der Waals surface area contributed by atoms with E-state index in [1.165, 1.54) is 51.8 Å². The Morgan fingerprint density at radius 1 is 0.688 bits per heavy atom. The van der Waals surface area contributed by atoms with Crippen molar-refractivity contribution in [2.24, 2.45) is 0 Å². The van der Waals surface area contributed by atoms with Gasteiger partial charge in [0.25, 0.3) is 0 Å². The van der Waals surface area contributed by atoms with Crippen molar-refractivity contribution in [3.8, 4) is 11.1 Å². The van der Waals surface area contributed by atoms with E-state index in [-0.39, 0.29) is 35.6 Å². The average Bonchev–Trinajstić information content (AvgIpc) is 3.66. The zero-order chi connectivity index (χ0) is 32.6. The van der Waals surface area contributed by atoms with Gasteiger partial charge in [0.1, 0.15) is 0 Å². The number of benzene rings is 4. The van der Waals surface area contributed by atoms with Crippen molar-refractivity contribution in [1.82, 2.24) is 0 Å². The van der Waals surface area contributed by atoms with Gasteiger partial charge in [0.15, 0.2) is 0 Å². The molecule has 6 rings (SSSR count). The van der Waals surface area contributed by atoms with Gasteiger partial charge in [-0.2, -0.15) is 0 Å². The van der Waals surface area contributed by atoms with Gasteiger partial charge < -0.3 is 24.8 Å². The summed E-state index contributed by atoms with van der Waals surface area (Å²) in [6.07, 6.45) is 14.1. The summed E-state index contributed by atoms with van der Waals surface area (Å²) in [6, 6.07) is 30.1. The molecule has 0 unspecified atom stereocenters. The van der Waals surface area contributed by atoms with Gasteiger partial charge in [-0.1, -0.05) is 0 Å². The first-order valence-corrected chi connectivity index (χ1v) is 21.1. The molecule has 0 aromatic heterocycles. The second kappa shape index (κ2) is 15.7. The summed E-state index contributed by atoms with van der Waals surface area (Å²) in [5.74, 6) is 0. The molecule has 0 saturated carbocycles. The largest absolute Gasteiger partial charge is 1.00 e. The van der Waals surface area contributed by atoms with Crippen molar-refractivity contribution in [2.45, 2.75) is 105 Å². The number of rotatable bonds is 8. The molecule has 0 nitrogen and oxygen atoms in total.